The molecule has 1 aromatic rings. The van der Waals surface area contributed by atoms with Crippen molar-refractivity contribution in [3.8, 4) is 0 Å². The van der Waals surface area contributed by atoms with Crippen LogP contribution in [-0.2, 0) is 0 Å². The Morgan fingerprint density at radius 3 is 2.71 bits per heavy atom. The summed E-state index contributed by atoms with van der Waals surface area (Å²) in [6.45, 7) is 2.02. The largest absolute Gasteiger partial charge is 0.477 e. The molecule has 1 saturated carbocycles. The third-order valence-electron chi connectivity index (χ3n) is 3.37. The van der Waals surface area contributed by atoms with Gasteiger partial charge in [-0.3, -0.25) is 14.3 Å². The number of hydrogen-bond acceptors (Lipinski definition) is 3. The van der Waals surface area contributed by atoms with Gasteiger partial charge < -0.3 is 5.11 Å². The van der Waals surface area contributed by atoms with E-state index in [9.17, 15) is 14.4 Å². The quantitative estimate of drug-likeness (QED) is 0.789. The summed E-state index contributed by atoms with van der Waals surface area (Å²) in [5, 5.41) is 8.85. The van der Waals surface area contributed by atoms with Crippen molar-refractivity contribution >= 4 is 5.97 Å². The Kier molecular flexibility index (Phi) is 2.87. The molecule has 1 aliphatic carbocycles. The third kappa shape index (κ3) is 2.02. The van der Waals surface area contributed by atoms with Crippen molar-refractivity contribution in [2.24, 2.45) is 5.92 Å². The highest BCUT2D eigenvalue weighted by atomic mass is 16.4. The van der Waals surface area contributed by atoms with Crippen LogP contribution in [0.15, 0.2) is 15.8 Å². The number of rotatable bonds is 2. The summed E-state index contributed by atoms with van der Waals surface area (Å²) >= 11 is 0. The van der Waals surface area contributed by atoms with Gasteiger partial charge in [-0.2, -0.15) is 0 Å². The minimum atomic E-state index is -1.31. The zero-order valence-electron chi connectivity index (χ0n) is 9.47. The Morgan fingerprint density at radius 1 is 1.47 bits per heavy atom. The number of aromatic amines is 1. The molecule has 2 unspecified atom stereocenters. The molecule has 0 bridgehead atoms. The van der Waals surface area contributed by atoms with Crippen LogP contribution in [-0.4, -0.2) is 20.6 Å². The van der Waals surface area contributed by atoms with Crippen LogP contribution >= 0.6 is 0 Å². The molecule has 6 nitrogen and oxygen atoms in total. The van der Waals surface area contributed by atoms with E-state index in [-0.39, 0.29) is 11.6 Å². The average molecular weight is 238 g/mol. The Morgan fingerprint density at radius 2 is 2.18 bits per heavy atom. The van der Waals surface area contributed by atoms with E-state index in [2.05, 4.69) is 4.98 Å². The number of carboxylic acid groups (broad SMARTS) is 1. The molecule has 1 aromatic heterocycles. The van der Waals surface area contributed by atoms with Crippen LogP contribution in [0.3, 0.4) is 0 Å². The molecule has 1 heterocycles. The molecule has 92 valence electrons. The van der Waals surface area contributed by atoms with E-state index in [1.165, 1.54) is 4.57 Å². The molecule has 0 aromatic carbocycles. The normalized spacial score (nSPS) is 23.8. The Bertz CT molecular complexity index is 557. The van der Waals surface area contributed by atoms with E-state index in [1.54, 1.807) is 0 Å². The SMILES string of the molecule is CC1CCCC1n1cc(C(=O)O)c(=O)[nH]c1=O. The van der Waals surface area contributed by atoms with Gasteiger partial charge in [-0.15, -0.1) is 0 Å². The second-order valence-corrected chi connectivity index (χ2v) is 4.49. The maximum Gasteiger partial charge on any atom is 0.342 e. The van der Waals surface area contributed by atoms with E-state index < -0.39 is 17.2 Å². The molecule has 2 N–H and O–H groups in total. The number of H-pyrrole nitrogens is 1. The number of nitrogens with zero attached hydrogens (tertiary/aromatic N) is 1. The van der Waals surface area contributed by atoms with E-state index in [0.29, 0.717) is 5.92 Å². The molecule has 2 rings (SSSR count). The predicted octanol–water partition coefficient (Wildman–Crippen LogP) is 0.596. The van der Waals surface area contributed by atoms with E-state index in [0.717, 1.165) is 25.5 Å². The highest BCUT2D eigenvalue weighted by molar-refractivity contribution is 5.86. The van der Waals surface area contributed by atoms with Crippen LogP contribution in [0, 0.1) is 5.92 Å². The molecule has 1 fully saturated rings. The lowest BCUT2D eigenvalue weighted by Crippen LogP contribution is -2.36. The van der Waals surface area contributed by atoms with Gasteiger partial charge >= 0.3 is 11.7 Å². The molecule has 0 aliphatic heterocycles. The van der Waals surface area contributed by atoms with Crippen LogP contribution in [0.1, 0.15) is 42.6 Å². The fourth-order valence-electron chi connectivity index (χ4n) is 2.42. The topological polar surface area (TPSA) is 92.2 Å². The Labute approximate surface area is 96.9 Å². The van der Waals surface area contributed by atoms with Crippen LogP contribution in [0.5, 0.6) is 0 Å². The first kappa shape index (κ1) is 11.6. The number of aromatic carboxylic acids is 1. The summed E-state index contributed by atoms with van der Waals surface area (Å²) in [4.78, 5) is 35.8. The Hall–Kier alpha value is -1.85. The zero-order chi connectivity index (χ0) is 12.6. The van der Waals surface area contributed by atoms with Crippen molar-refractivity contribution in [2.75, 3.05) is 0 Å². The van der Waals surface area contributed by atoms with Crippen LogP contribution < -0.4 is 11.2 Å². The van der Waals surface area contributed by atoms with Gasteiger partial charge in [0.1, 0.15) is 5.56 Å². The fraction of sp³-hybridized carbons (Fsp3) is 0.545. The maximum atomic E-state index is 11.7. The van der Waals surface area contributed by atoms with Crippen molar-refractivity contribution in [3.05, 3.63) is 32.6 Å². The van der Waals surface area contributed by atoms with E-state index in [1.807, 2.05) is 6.92 Å². The number of hydrogen-bond donors (Lipinski definition) is 2. The average Bonchev–Trinajstić information content (AvgIpc) is 2.64. The van der Waals surface area contributed by atoms with Crippen molar-refractivity contribution in [3.63, 3.8) is 0 Å². The van der Waals surface area contributed by atoms with Gasteiger partial charge in [-0.05, 0) is 18.8 Å². The first-order valence-corrected chi connectivity index (χ1v) is 5.59. The number of carboxylic acids is 1. The smallest absolute Gasteiger partial charge is 0.342 e. The third-order valence-corrected chi connectivity index (χ3v) is 3.37. The highest BCUT2D eigenvalue weighted by Crippen LogP contribution is 2.33. The first-order chi connectivity index (χ1) is 8.00. The molecule has 0 radical (unpaired) electrons. The number of aromatic nitrogens is 2. The fourth-order valence-corrected chi connectivity index (χ4v) is 2.42. The van der Waals surface area contributed by atoms with Crippen molar-refractivity contribution in [1.82, 2.24) is 9.55 Å². The van der Waals surface area contributed by atoms with Crippen molar-refractivity contribution in [1.29, 1.82) is 0 Å². The van der Waals surface area contributed by atoms with Crippen molar-refractivity contribution < 1.29 is 9.90 Å². The summed E-state index contributed by atoms with van der Waals surface area (Å²) in [6, 6.07) is -0.0163. The maximum absolute atomic E-state index is 11.7. The Balaban J connectivity index is 2.54. The monoisotopic (exact) mass is 238 g/mol. The summed E-state index contributed by atoms with van der Waals surface area (Å²) in [5.41, 5.74) is -1.76. The van der Waals surface area contributed by atoms with Crippen molar-refractivity contribution in [2.45, 2.75) is 32.2 Å². The first-order valence-electron chi connectivity index (χ1n) is 5.59. The van der Waals surface area contributed by atoms with Gasteiger partial charge in [0.2, 0.25) is 0 Å². The van der Waals surface area contributed by atoms with Gasteiger partial charge in [0, 0.05) is 12.2 Å². The summed E-state index contributed by atoms with van der Waals surface area (Å²) in [6.07, 6.45) is 4.03. The predicted molar refractivity (Wildman–Crippen MR) is 60.3 cm³/mol. The van der Waals surface area contributed by atoms with Gasteiger partial charge in [0.25, 0.3) is 5.56 Å². The van der Waals surface area contributed by atoms with E-state index in [4.69, 9.17) is 5.11 Å². The minimum absolute atomic E-state index is 0.0163. The van der Waals surface area contributed by atoms with E-state index >= 15 is 0 Å². The lowest BCUT2D eigenvalue weighted by atomic mass is 10.1. The van der Waals surface area contributed by atoms with Gasteiger partial charge in [-0.1, -0.05) is 13.3 Å². The van der Waals surface area contributed by atoms with Gasteiger partial charge in [-0.25, -0.2) is 9.59 Å². The van der Waals surface area contributed by atoms with Gasteiger partial charge in [0.15, 0.2) is 0 Å². The summed E-state index contributed by atoms with van der Waals surface area (Å²) < 4.78 is 1.35. The number of nitrogens with one attached hydrogen (secondary N) is 1. The van der Waals surface area contributed by atoms with Crippen LogP contribution in [0.2, 0.25) is 0 Å². The molecule has 6 heteroatoms. The summed E-state index contributed by atoms with van der Waals surface area (Å²) in [7, 11) is 0. The highest BCUT2D eigenvalue weighted by Gasteiger charge is 2.26. The van der Waals surface area contributed by atoms with Crippen LogP contribution in [0.25, 0.3) is 0 Å². The molecule has 0 spiro atoms. The van der Waals surface area contributed by atoms with Gasteiger partial charge in [0.05, 0.1) is 0 Å². The zero-order valence-corrected chi connectivity index (χ0v) is 9.47. The molecule has 1 aliphatic rings. The molecule has 2 atom stereocenters. The second kappa shape index (κ2) is 4.20. The molecule has 0 saturated heterocycles. The molecule has 17 heavy (non-hydrogen) atoms. The molecular weight excluding hydrogens is 224 g/mol. The number of carbonyl (C=O) groups is 1. The summed E-state index contributed by atoms with van der Waals surface area (Å²) in [5.74, 6) is -0.995. The molecular formula is C11H14N2O4. The lowest BCUT2D eigenvalue weighted by Gasteiger charge is -2.18. The lowest BCUT2D eigenvalue weighted by molar-refractivity contribution is 0.0693. The second-order valence-electron chi connectivity index (χ2n) is 4.49. The standard InChI is InChI=1S/C11H14N2O4/c1-6-3-2-4-8(6)13-5-7(10(15)16)9(14)12-11(13)17/h5-6,8H,2-4H2,1H3,(H,15,16)(H,12,14,17). The van der Waals surface area contributed by atoms with Crippen LogP contribution in [0.4, 0.5) is 0 Å². The minimum Gasteiger partial charge on any atom is -0.477 e. The molecule has 0 amide bonds.